The van der Waals surface area contributed by atoms with Gasteiger partial charge in [-0.1, -0.05) is 22.0 Å². The average Bonchev–Trinajstić information content (AvgIpc) is 2.70. The van der Waals surface area contributed by atoms with E-state index in [2.05, 4.69) is 26.3 Å². The second-order valence-electron chi connectivity index (χ2n) is 4.51. The molecule has 1 aromatic carbocycles. The Balaban J connectivity index is 2.13. The number of carbonyl (C=O) groups is 1. The topological polar surface area (TPSA) is 46.9 Å². The zero-order chi connectivity index (χ0) is 14.0. The Labute approximate surface area is 120 Å². The first kappa shape index (κ1) is 13.8. The van der Waals surface area contributed by atoms with Crippen molar-refractivity contribution in [2.75, 3.05) is 0 Å². The number of nitrogens with one attached hydrogen (secondary N) is 1. The lowest BCUT2D eigenvalue weighted by atomic mass is 10.1. The predicted molar refractivity (Wildman–Crippen MR) is 78.0 cm³/mol. The summed E-state index contributed by atoms with van der Waals surface area (Å²) >= 11 is 3.36. The van der Waals surface area contributed by atoms with E-state index >= 15 is 0 Å². The summed E-state index contributed by atoms with van der Waals surface area (Å²) < 4.78 is 2.70. The number of halogens is 1. The first-order chi connectivity index (χ1) is 8.99. The lowest BCUT2D eigenvalue weighted by Crippen LogP contribution is -2.26. The smallest absolute Gasteiger partial charge is 0.251 e. The van der Waals surface area contributed by atoms with Crippen molar-refractivity contribution in [2.45, 2.75) is 19.9 Å². The molecule has 0 fully saturated rings. The summed E-state index contributed by atoms with van der Waals surface area (Å²) in [6, 6.07) is 7.27. The molecule has 100 valence electrons. The quantitative estimate of drug-likeness (QED) is 0.944. The van der Waals surface area contributed by atoms with Crippen molar-refractivity contribution in [3.05, 3.63) is 51.8 Å². The Bertz CT molecular complexity index is 606. The number of aryl methyl sites for hydroxylation is 1. The molecule has 0 saturated heterocycles. The van der Waals surface area contributed by atoms with Gasteiger partial charge in [-0.05, 0) is 32.0 Å². The van der Waals surface area contributed by atoms with Gasteiger partial charge in [0.1, 0.15) is 0 Å². The fourth-order valence-electron chi connectivity index (χ4n) is 1.93. The summed E-state index contributed by atoms with van der Waals surface area (Å²) in [5.41, 5.74) is 2.73. The SMILES string of the molecule is Cc1c(C(C)NC(=O)c2cccc(Br)c2)cnn1C. The molecule has 0 aliphatic heterocycles. The van der Waals surface area contributed by atoms with Crippen LogP contribution in [0.2, 0.25) is 0 Å². The lowest BCUT2D eigenvalue weighted by Gasteiger charge is -2.14. The van der Waals surface area contributed by atoms with Gasteiger partial charge in [0.2, 0.25) is 0 Å². The van der Waals surface area contributed by atoms with Crippen LogP contribution in [0.3, 0.4) is 0 Å². The van der Waals surface area contributed by atoms with Gasteiger partial charge in [0.15, 0.2) is 0 Å². The zero-order valence-electron chi connectivity index (χ0n) is 11.1. The molecule has 0 saturated carbocycles. The maximum absolute atomic E-state index is 12.1. The summed E-state index contributed by atoms with van der Waals surface area (Å²) in [5, 5.41) is 7.17. The number of hydrogen-bond donors (Lipinski definition) is 1. The second kappa shape index (κ2) is 5.57. The van der Waals surface area contributed by atoms with E-state index in [4.69, 9.17) is 0 Å². The highest BCUT2D eigenvalue weighted by molar-refractivity contribution is 9.10. The number of hydrogen-bond acceptors (Lipinski definition) is 2. The van der Waals surface area contributed by atoms with Crippen molar-refractivity contribution in [1.29, 1.82) is 0 Å². The number of aromatic nitrogens is 2. The molecule has 19 heavy (non-hydrogen) atoms. The highest BCUT2D eigenvalue weighted by Crippen LogP contribution is 2.17. The molecule has 0 radical (unpaired) electrons. The fraction of sp³-hybridized carbons (Fsp3) is 0.286. The van der Waals surface area contributed by atoms with E-state index in [0.717, 1.165) is 15.7 Å². The van der Waals surface area contributed by atoms with Crippen molar-refractivity contribution in [3.63, 3.8) is 0 Å². The third-order valence-corrected chi connectivity index (χ3v) is 3.67. The standard InChI is InChI=1S/C14H16BrN3O/c1-9(13-8-16-18(3)10(13)2)17-14(19)11-5-4-6-12(15)7-11/h4-9H,1-3H3,(H,17,19). The van der Waals surface area contributed by atoms with Gasteiger partial charge in [0.25, 0.3) is 5.91 Å². The maximum Gasteiger partial charge on any atom is 0.251 e. The van der Waals surface area contributed by atoms with Gasteiger partial charge >= 0.3 is 0 Å². The van der Waals surface area contributed by atoms with Crippen LogP contribution in [-0.2, 0) is 7.05 Å². The number of carbonyl (C=O) groups excluding carboxylic acids is 1. The van der Waals surface area contributed by atoms with E-state index in [-0.39, 0.29) is 11.9 Å². The Morgan fingerprint density at radius 1 is 1.47 bits per heavy atom. The van der Waals surface area contributed by atoms with Crippen LogP contribution in [0, 0.1) is 6.92 Å². The summed E-state index contributed by atoms with van der Waals surface area (Å²) in [6.07, 6.45) is 1.79. The highest BCUT2D eigenvalue weighted by atomic mass is 79.9. The van der Waals surface area contributed by atoms with Gasteiger partial charge < -0.3 is 5.32 Å². The van der Waals surface area contributed by atoms with Crippen LogP contribution < -0.4 is 5.32 Å². The molecule has 1 atom stereocenters. The fourth-order valence-corrected chi connectivity index (χ4v) is 2.33. The van der Waals surface area contributed by atoms with Gasteiger partial charge in [0.05, 0.1) is 12.2 Å². The van der Waals surface area contributed by atoms with Gasteiger partial charge in [-0.3, -0.25) is 9.48 Å². The minimum atomic E-state index is -0.0861. The average molecular weight is 322 g/mol. The van der Waals surface area contributed by atoms with Crippen LogP contribution in [-0.4, -0.2) is 15.7 Å². The van der Waals surface area contributed by atoms with Crippen LogP contribution in [0.4, 0.5) is 0 Å². The second-order valence-corrected chi connectivity index (χ2v) is 5.43. The Morgan fingerprint density at radius 3 is 2.79 bits per heavy atom. The molecule has 1 unspecified atom stereocenters. The van der Waals surface area contributed by atoms with Gasteiger partial charge in [-0.2, -0.15) is 5.10 Å². The van der Waals surface area contributed by atoms with Gasteiger partial charge in [0, 0.05) is 28.3 Å². The molecule has 0 spiro atoms. The van der Waals surface area contributed by atoms with Crippen molar-refractivity contribution in [2.24, 2.45) is 7.05 Å². The summed E-state index contributed by atoms with van der Waals surface area (Å²) in [4.78, 5) is 12.1. The van der Waals surface area contributed by atoms with Crippen LogP contribution in [0.25, 0.3) is 0 Å². The van der Waals surface area contributed by atoms with E-state index in [9.17, 15) is 4.79 Å². The third-order valence-electron chi connectivity index (χ3n) is 3.17. The molecule has 0 aliphatic carbocycles. The van der Waals surface area contributed by atoms with Crippen LogP contribution >= 0.6 is 15.9 Å². The Kier molecular flexibility index (Phi) is 4.04. The van der Waals surface area contributed by atoms with Crippen LogP contribution in [0.5, 0.6) is 0 Å². The van der Waals surface area contributed by atoms with Crippen molar-refractivity contribution in [1.82, 2.24) is 15.1 Å². The zero-order valence-corrected chi connectivity index (χ0v) is 12.7. The predicted octanol–water partition coefficient (Wildman–Crippen LogP) is 2.98. The molecular formula is C14H16BrN3O. The summed E-state index contributed by atoms with van der Waals surface area (Å²) in [6.45, 7) is 3.95. The molecule has 2 aromatic rings. The largest absolute Gasteiger partial charge is 0.345 e. The molecule has 4 nitrogen and oxygen atoms in total. The van der Waals surface area contributed by atoms with Crippen molar-refractivity contribution >= 4 is 21.8 Å². The van der Waals surface area contributed by atoms with E-state index in [0.29, 0.717) is 5.56 Å². The minimum absolute atomic E-state index is 0.0693. The van der Waals surface area contributed by atoms with Gasteiger partial charge in [-0.15, -0.1) is 0 Å². The monoisotopic (exact) mass is 321 g/mol. The van der Waals surface area contributed by atoms with Crippen LogP contribution in [0.15, 0.2) is 34.9 Å². The first-order valence-electron chi connectivity index (χ1n) is 6.04. The van der Waals surface area contributed by atoms with Gasteiger partial charge in [-0.25, -0.2) is 0 Å². The Hall–Kier alpha value is -1.62. The number of amides is 1. The van der Waals surface area contributed by atoms with E-state index in [1.54, 1.807) is 23.0 Å². The van der Waals surface area contributed by atoms with Crippen molar-refractivity contribution in [3.8, 4) is 0 Å². The molecule has 0 bridgehead atoms. The van der Waals surface area contributed by atoms with E-state index in [1.807, 2.05) is 33.0 Å². The van der Waals surface area contributed by atoms with Crippen LogP contribution in [0.1, 0.15) is 34.6 Å². The number of rotatable bonds is 3. The first-order valence-corrected chi connectivity index (χ1v) is 6.83. The normalized spacial score (nSPS) is 12.2. The number of nitrogens with zero attached hydrogens (tertiary/aromatic N) is 2. The maximum atomic E-state index is 12.1. The minimum Gasteiger partial charge on any atom is -0.345 e. The molecule has 1 heterocycles. The molecule has 1 aromatic heterocycles. The highest BCUT2D eigenvalue weighted by Gasteiger charge is 2.15. The Morgan fingerprint density at radius 2 is 2.21 bits per heavy atom. The lowest BCUT2D eigenvalue weighted by molar-refractivity contribution is 0.0939. The third kappa shape index (κ3) is 3.04. The van der Waals surface area contributed by atoms with Crippen molar-refractivity contribution < 1.29 is 4.79 Å². The van der Waals surface area contributed by atoms with E-state index in [1.165, 1.54) is 0 Å². The number of benzene rings is 1. The summed E-state index contributed by atoms with van der Waals surface area (Å²) in [7, 11) is 1.89. The molecular weight excluding hydrogens is 306 g/mol. The molecule has 5 heteroatoms. The molecule has 0 aliphatic rings. The molecule has 1 N–H and O–H groups in total. The molecule has 2 rings (SSSR count). The summed E-state index contributed by atoms with van der Waals surface area (Å²) in [5.74, 6) is -0.0861. The molecule has 1 amide bonds. The van der Waals surface area contributed by atoms with E-state index < -0.39 is 0 Å².